The number of para-hydroxylation sites is 1. The zero-order valence-electron chi connectivity index (χ0n) is 12.4. The average Bonchev–Trinajstić information content (AvgIpc) is 2.55. The zero-order valence-corrected chi connectivity index (χ0v) is 12.4. The van der Waals surface area contributed by atoms with Gasteiger partial charge in [-0.05, 0) is 36.8 Å². The second kappa shape index (κ2) is 7.33. The number of hydrogen-bond acceptors (Lipinski definition) is 2. The quantitative estimate of drug-likeness (QED) is 0.914. The fraction of sp³-hybridized carbons (Fsp3) is 0.235. The first kappa shape index (κ1) is 14.9. The lowest BCUT2D eigenvalue weighted by molar-refractivity contribution is 0.246. The predicted octanol–water partition coefficient (Wildman–Crippen LogP) is 3.43. The van der Waals surface area contributed by atoms with Gasteiger partial charge in [-0.25, -0.2) is 4.79 Å². The summed E-state index contributed by atoms with van der Waals surface area (Å²) in [6.07, 6.45) is 0. The molecule has 0 aromatic heterocycles. The normalized spacial score (nSPS) is 10.0. The molecule has 0 saturated heterocycles. The van der Waals surface area contributed by atoms with Crippen LogP contribution in [0.2, 0.25) is 0 Å². The molecule has 0 unspecified atom stereocenters. The maximum absolute atomic E-state index is 12.3. The van der Waals surface area contributed by atoms with Crippen LogP contribution in [0.5, 0.6) is 5.75 Å². The van der Waals surface area contributed by atoms with Gasteiger partial charge in [-0.2, -0.15) is 0 Å². The molecule has 0 fully saturated rings. The Bertz CT molecular complexity index is 584. The first-order chi connectivity index (χ1) is 10.2. The molecule has 0 radical (unpaired) electrons. The maximum atomic E-state index is 12.3. The summed E-state index contributed by atoms with van der Waals surface area (Å²) >= 11 is 0. The van der Waals surface area contributed by atoms with E-state index in [-0.39, 0.29) is 6.03 Å². The van der Waals surface area contributed by atoms with E-state index in [0.29, 0.717) is 13.1 Å². The number of benzene rings is 2. The Hall–Kier alpha value is -2.49. The molecule has 0 spiro atoms. The Balaban J connectivity index is 2.00. The molecular weight excluding hydrogens is 264 g/mol. The summed E-state index contributed by atoms with van der Waals surface area (Å²) in [6, 6.07) is 17.2. The minimum Gasteiger partial charge on any atom is -0.497 e. The van der Waals surface area contributed by atoms with Crippen LogP contribution in [0.15, 0.2) is 54.6 Å². The smallest absolute Gasteiger partial charge is 0.322 e. The number of carbonyl (C=O) groups is 1. The van der Waals surface area contributed by atoms with Gasteiger partial charge in [0.2, 0.25) is 0 Å². The van der Waals surface area contributed by atoms with Crippen molar-refractivity contribution in [2.24, 2.45) is 0 Å². The summed E-state index contributed by atoms with van der Waals surface area (Å²) in [4.78, 5) is 14.0. The van der Waals surface area contributed by atoms with Crippen molar-refractivity contribution in [2.45, 2.75) is 13.5 Å². The van der Waals surface area contributed by atoms with E-state index in [9.17, 15) is 4.79 Å². The highest BCUT2D eigenvalue weighted by Gasteiger charge is 2.12. The highest BCUT2D eigenvalue weighted by Crippen LogP contribution is 2.14. The van der Waals surface area contributed by atoms with Crippen molar-refractivity contribution >= 4 is 11.7 Å². The lowest BCUT2D eigenvalue weighted by Gasteiger charge is -2.21. The van der Waals surface area contributed by atoms with Crippen molar-refractivity contribution < 1.29 is 9.53 Å². The Morgan fingerprint density at radius 1 is 1.14 bits per heavy atom. The molecule has 1 N–H and O–H groups in total. The van der Waals surface area contributed by atoms with E-state index in [2.05, 4.69) is 5.32 Å². The highest BCUT2D eigenvalue weighted by atomic mass is 16.5. The first-order valence-electron chi connectivity index (χ1n) is 6.98. The molecule has 0 heterocycles. The van der Waals surface area contributed by atoms with Crippen LogP contribution in [0.4, 0.5) is 10.5 Å². The van der Waals surface area contributed by atoms with Crippen LogP contribution in [0.25, 0.3) is 0 Å². The van der Waals surface area contributed by atoms with E-state index in [0.717, 1.165) is 17.0 Å². The number of anilines is 1. The third-order valence-corrected chi connectivity index (χ3v) is 3.21. The van der Waals surface area contributed by atoms with Gasteiger partial charge >= 0.3 is 6.03 Å². The Morgan fingerprint density at radius 2 is 1.90 bits per heavy atom. The number of amides is 2. The first-order valence-corrected chi connectivity index (χ1v) is 6.98. The van der Waals surface area contributed by atoms with Crippen molar-refractivity contribution in [3.63, 3.8) is 0 Å². The van der Waals surface area contributed by atoms with Crippen molar-refractivity contribution in [3.8, 4) is 5.75 Å². The maximum Gasteiger partial charge on any atom is 0.322 e. The van der Waals surface area contributed by atoms with E-state index >= 15 is 0 Å². The summed E-state index contributed by atoms with van der Waals surface area (Å²) in [5.41, 5.74) is 1.90. The van der Waals surface area contributed by atoms with Gasteiger partial charge < -0.3 is 10.1 Å². The van der Waals surface area contributed by atoms with Crippen LogP contribution >= 0.6 is 0 Å². The number of ether oxygens (including phenoxy) is 1. The van der Waals surface area contributed by atoms with Gasteiger partial charge in [0.15, 0.2) is 0 Å². The third-order valence-electron chi connectivity index (χ3n) is 3.21. The molecule has 21 heavy (non-hydrogen) atoms. The number of rotatable bonds is 5. The molecule has 4 nitrogen and oxygen atoms in total. The lowest BCUT2D eigenvalue weighted by Crippen LogP contribution is -2.39. The van der Waals surface area contributed by atoms with E-state index in [1.807, 2.05) is 61.5 Å². The summed E-state index contributed by atoms with van der Waals surface area (Å²) < 4.78 is 5.18. The Morgan fingerprint density at radius 3 is 2.57 bits per heavy atom. The largest absolute Gasteiger partial charge is 0.497 e. The number of urea groups is 1. The SMILES string of the molecule is CCN(C(=O)NCc1cccc(OC)c1)c1ccccc1. The molecular formula is C17H20N2O2. The summed E-state index contributed by atoms with van der Waals surface area (Å²) in [5.74, 6) is 0.789. The third kappa shape index (κ3) is 3.99. The van der Waals surface area contributed by atoms with Crippen LogP contribution in [0, 0.1) is 0 Å². The van der Waals surface area contributed by atoms with Crippen molar-refractivity contribution in [2.75, 3.05) is 18.6 Å². The van der Waals surface area contributed by atoms with E-state index in [1.54, 1.807) is 12.0 Å². The molecule has 0 bridgehead atoms. The van der Waals surface area contributed by atoms with Crippen LogP contribution in [-0.2, 0) is 6.54 Å². The summed E-state index contributed by atoms with van der Waals surface area (Å²) in [7, 11) is 1.63. The second-order valence-corrected chi connectivity index (χ2v) is 4.59. The molecule has 0 aliphatic heterocycles. The van der Waals surface area contributed by atoms with Gasteiger partial charge in [0, 0.05) is 18.8 Å². The molecule has 0 atom stereocenters. The Labute approximate surface area is 125 Å². The molecule has 110 valence electrons. The molecule has 0 aliphatic carbocycles. The summed E-state index contributed by atoms with van der Waals surface area (Å²) in [5, 5.41) is 2.93. The van der Waals surface area contributed by atoms with Crippen LogP contribution in [-0.4, -0.2) is 19.7 Å². The van der Waals surface area contributed by atoms with Gasteiger partial charge in [0.05, 0.1) is 7.11 Å². The van der Waals surface area contributed by atoms with Crippen LogP contribution in [0.1, 0.15) is 12.5 Å². The standard InChI is InChI=1S/C17H20N2O2/c1-3-19(15-9-5-4-6-10-15)17(20)18-13-14-8-7-11-16(12-14)21-2/h4-12H,3,13H2,1-2H3,(H,18,20). The Kier molecular flexibility index (Phi) is 5.21. The predicted molar refractivity (Wildman–Crippen MR) is 84.7 cm³/mol. The number of nitrogens with one attached hydrogen (secondary N) is 1. The number of hydrogen-bond donors (Lipinski definition) is 1. The van der Waals surface area contributed by atoms with Gasteiger partial charge in [0.1, 0.15) is 5.75 Å². The highest BCUT2D eigenvalue weighted by molar-refractivity contribution is 5.91. The van der Waals surface area contributed by atoms with E-state index in [4.69, 9.17) is 4.74 Å². The van der Waals surface area contributed by atoms with Gasteiger partial charge in [-0.3, -0.25) is 4.90 Å². The molecule has 2 amide bonds. The molecule has 2 aromatic rings. The fourth-order valence-electron chi connectivity index (χ4n) is 2.11. The number of carbonyl (C=O) groups excluding carboxylic acids is 1. The topological polar surface area (TPSA) is 41.6 Å². The van der Waals surface area contributed by atoms with Crippen LogP contribution in [0.3, 0.4) is 0 Å². The molecule has 2 aromatic carbocycles. The monoisotopic (exact) mass is 284 g/mol. The van der Waals surface area contributed by atoms with E-state index < -0.39 is 0 Å². The molecule has 4 heteroatoms. The second-order valence-electron chi connectivity index (χ2n) is 4.59. The average molecular weight is 284 g/mol. The van der Waals surface area contributed by atoms with Crippen LogP contribution < -0.4 is 15.0 Å². The van der Waals surface area contributed by atoms with Crippen molar-refractivity contribution in [1.82, 2.24) is 5.32 Å². The summed E-state index contributed by atoms with van der Waals surface area (Å²) in [6.45, 7) is 3.05. The molecule has 2 rings (SSSR count). The number of methoxy groups -OCH3 is 1. The minimum atomic E-state index is -0.105. The fourth-order valence-corrected chi connectivity index (χ4v) is 2.11. The number of nitrogens with zero attached hydrogens (tertiary/aromatic N) is 1. The van der Waals surface area contributed by atoms with Crippen molar-refractivity contribution in [3.05, 3.63) is 60.2 Å². The van der Waals surface area contributed by atoms with Crippen molar-refractivity contribution in [1.29, 1.82) is 0 Å². The van der Waals surface area contributed by atoms with Gasteiger partial charge in [-0.1, -0.05) is 30.3 Å². The van der Waals surface area contributed by atoms with Gasteiger partial charge in [0.25, 0.3) is 0 Å². The minimum absolute atomic E-state index is 0.105. The van der Waals surface area contributed by atoms with E-state index in [1.165, 1.54) is 0 Å². The molecule has 0 aliphatic rings. The van der Waals surface area contributed by atoms with Gasteiger partial charge in [-0.15, -0.1) is 0 Å². The lowest BCUT2D eigenvalue weighted by atomic mass is 10.2. The molecule has 0 saturated carbocycles. The zero-order chi connectivity index (χ0) is 15.1.